The van der Waals surface area contributed by atoms with Gasteiger partial charge in [0.25, 0.3) is 5.91 Å². The largest absolute Gasteiger partial charge is 0.497 e. The van der Waals surface area contributed by atoms with Crippen molar-refractivity contribution in [3.63, 3.8) is 0 Å². The normalized spacial score (nSPS) is 16.3. The summed E-state index contributed by atoms with van der Waals surface area (Å²) in [6.45, 7) is 3.87. The molecular formula is C21H25N3O4. The zero-order valence-corrected chi connectivity index (χ0v) is 16.7. The molecule has 1 amide bonds. The van der Waals surface area contributed by atoms with Crippen LogP contribution in [0.4, 0.5) is 5.69 Å². The molecule has 3 rings (SSSR count). The van der Waals surface area contributed by atoms with Crippen molar-refractivity contribution in [3.05, 3.63) is 47.4 Å². The lowest BCUT2D eigenvalue weighted by molar-refractivity contribution is -0.125. The summed E-state index contributed by atoms with van der Waals surface area (Å²) in [6.07, 6.45) is 3.81. The standard InChI is InChI=1S/C21H25N3O4/c1-12(2)19-21(26)23-17-9-13(27-5)8-15(20(17)28-19)16(10-24(3)4)14-6-7-22-18(14)11-25/h6-12,19,22H,1-5H3,(H,23,26)/b16-10+. The van der Waals surface area contributed by atoms with Crippen molar-refractivity contribution in [2.75, 3.05) is 26.5 Å². The van der Waals surface area contributed by atoms with Crippen LogP contribution >= 0.6 is 0 Å². The molecule has 2 aromatic rings. The van der Waals surface area contributed by atoms with Crippen LogP contribution in [-0.2, 0) is 4.79 Å². The van der Waals surface area contributed by atoms with Crippen LogP contribution in [0.2, 0.25) is 0 Å². The molecule has 0 fully saturated rings. The van der Waals surface area contributed by atoms with Crippen LogP contribution in [-0.4, -0.2) is 49.4 Å². The zero-order valence-electron chi connectivity index (χ0n) is 16.7. The molecule has 1 aliphatic rings. The van der Waals surface area contributed by atoms with Gasteiger partial charge in [-0.1, -0.05) is 13.8 Å². The van der Waals surface area contributed by atoms with Gasteiger partial charge in [0.15, 0.2) is 18.1 Å². The molecular weight excluding hydrogens is 358 g/mol. The molecule has 0 bridgehead atoms. The van der Waals surface area contributed by atoms with Crippen molar-refractivity contribution < 1.29 is 19.1 Å². The van der Waals surface area contributed by atoms with Gasteiger partial charge in [-0.25, -0.2) is 0 Å². The number of nitrogens with zero attached hydrogens (tertiary/aromatic N) is 1. The van der Waals surface area contributed by atoms with E-state index in [1.165, 1.54) is 0 Å². The van der Waals surface area contributed by atoms with Crippen molar-refractivity contribution in [1.82, 2.24) is 9.88 Å². The first kappa shape index (κ1) is 19.5. The van der Waals surface area contributed by atoms with Gasteiger partial charge < -0.3 is 24.7 Å². The minimum Gasteiger partial charge on any atom is -0.497 e. The van der Waals surface area contributed by atoms with Crippen LogP contribution in [0.5, 0.6) is 11.5 Å². The number of aldehydes is 1. The molecule has 1 aromatic carbocycles. The van der Waals surface area contributed by atoms with Gasteiger partial charge in [-0.05, 0) is 18.1 Å². The van der Waals surface area contributed by atoms with Gasteiger partial charge in [0.1, 0.15) is 5.75 Å². The fourth-order valence-corrected chi connectivity index (χ4v) is 3.22. The number of aromatic amines is 1. The minimum absolute atomic E-state index is 0.00201. The fraction of sp³-hybridized carbons (Fsp3) is 0.333. The van der Waals surface area contributed by atoms with Crippen molar-refractivity contribution in [3.8, 4) is 11.5 Å². The lowest BCUT2D eigenvalue weighted by atomic mass is 9.95. The Labute approximate surface area is 164 Å². The highest BCUT2D eigenvalue weighted by atomic mass is 16.5. The number of amides is 1. The fourth-order valence-electron chi connectivity index (χ4n) is 3.22. The van der Waals surface area contributed by atoms with Gasteiger partial charge in [-0.2, -0.15) is 0 Å². The van der Waals surface area contributed by atoms with E-state index in [0.717, 1.165) is 23.0 Å². The first-order valence-corrected chi connectivity index (χ1v) is 9.06. The van der Waals surface area contributed by atoms with Crippen LogP contribution < -0.4 is 14.8 Å². The second-order valence-corrected chi connectivity index (χ2v) is 7.25. The number of H-pyrrole nitrogens is 1. The number of rotatable bonds is 6. The SMILES string of the molecule is COc1cc2c(c(/C(=C/N(C)C)c3cc[nH]c3C=O)c1)OC(C(C)C)C(=O)N2. The van der Waals surface area contributed by atoms with E-state index in [1.807, 2.05) is 51.2 Å². The molecule has 1 aromatic heterocycles. The van der Waals surface area contributed by atoms with E-state index in [0.29, 0.717) is 22.9 Å². The molecule has 148 valence electrons. The maximum Gasteiger partial charge on any atom is 0.265 e. The van der Waals surface area contributed by atoms with Gasteiger partial charge in [0.2, 0.25) is 0 Å². The number of hydrogen-bond acceptors (Lipinski definition) is 5. The summed E-state index contributed by atoms with van der Waals surface area (Å²) in [5.74, 6) is 0.955. The van der Waals surface area contributed by atoms with Crippen molar-refractivity contribution >= 4 is 23.5 Å². The Morgan fingerprint density at radius 3 is 2.64 bits per heavy atom. The molecule has 28 heavy (non-hydrogen) atoms. The number of methoxy groups -OCH3 is 1. The number of carbonyl (C=O) groups is 2. The summed E-state index contributed by atoms with van der Waals surface area (Å²) in [6, 6.07) is 5.43. The van der Waals surface area contributed by atoms with Crippen molar-refractivity contribution in [2.24, 2.45) is 5.92 Å². The number of carbonyl (C=O) groups excluding carboxylic acids is 2. The van der Waals surface area contributed by atoms with E-state index in [2.05, 4.69) is 10.3 Å². The Balaban J connectivity index is 2.25. The number of fused-ring (bicyclic) bond motifs is 1. The molecule has 2 heterocycles. The highest BCUT2D eigenvalue weighted by molar-refractivity contribution is 6.01. The van der Waals surface area contributed by atoms with Crippen LogP contribution in [0.3, 0.4) is 0 Å². The van der Waals surface area contributed by atoms with Gasteiger partial charge in [0, 0.05) is 49.3 Å². The quantitative estimate of drug-likeness (QED) is 0.749. The molecule has 7 nitrogen and oxygen atoms in total. The number of nitrogens with one attached hydrogen (secondary N) is 2. The summed E-state index contributed by atoms with van der Waals surface area (Å²) in [7, 11) is 5.37. The molecule has 1 unspecified atom stereocenters. The molecule has 0 saturated carbocycles. The van der Waals surface area contributed by atoms with E-state index >= 15 is 0 Å². The predicted octanol–water partition coefficient (Wildman–Crippen LogP) is 3.14. The summed E-state index contributed by atoms with van der Waals surface area (Å²) in [4.78, 5) is 28.8. The number of anilines is 1. The third kappa shape index (κ3) is 3.60. The number of hydrogen-bond donors (Lipinski definition) is 2. The summed E-state index contributed by atoms with van der Waals surface area (Å²) in [5, 5.41) is 2.93. The Kier molecular flexibility index (Phi) is 5.44. The zero-order chi connectivity index (χ0) is 20.4. The Morgan fingerprint density at radius 2 is 2.04 bits per heavy atom. The molecule has 0 spiro atoms. The first-order chi connectivity index (χ1) is 13.3. The van der Waals surface area contributed by atoms with Gasteiger partial charge in [-0.3, -0.25) is 9.59 Å². The monoisotopic (exact) mass is 383 g/mol. The molecule has 1 aliphatic heterocycles. The number of ether oxygens (including phenoxy) is 2. The third-order valence-electron chi connectivity index (χ3n) is 4.53. The van der Waals surface area contributed by atoms with E-state index in [1.54, 1.807) is 19.4 Å². The van der Waals surface area contributed by atoms with E-state index in [4.69, 9.17) is 9.47 Å². The summed E-state index contributed by atoms with van der Waals surface area (Å²) in [5.41, 5.74) is 3.26. The second-order valence-electron chi connectivity index (χ2n) is 7.25. The van der Waals surface area contributed by atoms with Gasteiger partial charge in [0.05, 0.1) is 18.5 Å². The van der Waals surface area contributed by atoms with E-state index in [-0.39, 0.29) is 11.8 Å². The van der Waals surface area contributed by atoms with Crippen molar-refractivity contribution in [1.29, 1.82) is 0 Å². The smallest absolute Gasteiger partial charge is 0.265 e. The molecule has 2 N–H and O–H groups in total. The highest BCUT2D eigenvalue weighted by Crippen LogP contribution is 2.43. The van der Waals surface area contributed by atoms with E-state index in [9.17, 15) is 9.59 Å². The Bertz CT molecular complexity index is 928. The van der Waals surface area contributed by atoms with Crippen LogP contribution in [0.15, 0.2) is 30.6 Å². The van der Waals surface area contributed by atoms with Crippen LogP contribution in [0, 0.1) is 5.92 Å². The third-order valence-corrected chi connectivity index (χ3v) is 4.53. The summed E-state index contributed by atoms with van der Waals surface area (Å²) < 4.78 is 11.6. The second kappa shape index (κ2) is 7.80. The first-order valence-electron chi connectivity index (χ1n) is 9.06. The molecule has 1 atom stereocenters. The average Bonchev–Trinajstić information content (AvgIpc) is 3.12. The number of benzene rings is 1. The predicted molar refractivity (Wildman–Crippen MR) is 108 cm³/mol. The Hall–Kier alpha value is -3.22. The van der Waals surface area contributed by atoms with Gasteiger partial charge >= 0.3 is 0 Å². The maximum atomic E-state index is 12.4. The van der Waals surface area contributed by atoms with Crippen LogP contribution in [0.1, 0.15) is 35.5 Å². The van der Waals surface area contributed by atoms with Gasteiger partial charge in [-0.15, -0.1) is 0 Å². The molecule has 0 saturated heterocycles. The lowest BCUT2D eigenvalue weighted by Gasteiger charge is -2.30. The molecule has 0 radical (unpaired) electrons. The van der Waals surface area contributed by atoms with Crippen LogP contribution in [0.25, 0.3) is 5.57 Å². The highest BCUT2D eigenvalue weighted by Gasteiger charge is 2.33. The molecule has 7 heteroatoms. The number of aromatic nitrogens is 1. The van der Waals surface area contributed by atoms with Crippen molar-refractivity contribution in [2.45, 2.75) is 20.0 Å². The Morgan fingerprint density at radius 1 is 1.29 bits per heavy atom. The minimum atomic E-state index is -0.600. The van der Waals surface area contributed by atoms with E-state index < -0.39 is 6.10 Å². The topological polar surface area (TPSA) is 83.7 Å². The molecule has 0 aliphatic carbocycles. The maximum absolute atomic E-state index is 12.4. The average molecular weight is 383 g/mol. The summed E-state index contributed by atoms with van der Waals surface area (Å²) >= 11 is 0. The lowest BCUT2D eigenvalue weighted by Crippen LogP contribution is -2.41.